The first-order valence-corrected chi connectivity index (χ1v) is 7.94. The van der Waals surface area contributed by atoms with Crippen LogP contribution in [0.3, 0.4) is 0 Å². The number of nitrogens with one attached hydrogen (secondary N) is 1. The van der Waals surface area contributed by atoms with Gasteiger partial charge in [0, 0.05) is 4.70 Å². The zero-order valence-corrected chi connectivity index (χ0v) is 13.3. The topological polar surface area (TPSA) is 66.4 Å². The highest BCUT2D eigenvalue weighted by Crippen LogP contribution is 2.28. The van der Waals surface area contributed by atoms with Gasteiger partial charge in [0.15, 0.2) is 0 Å². The van der Waals surface area contributed by atoms with Crippen LogP contribution < -0.4 is 5.32 Å². The van der Waals surface area contributed by atoms with E-state index in [4.69, 9.17) is 5.11 Å². The molecule has 2 rings (SSSR count). The summed E-state index contributed by atoms with van der Waals surface area (Å²) >= 11 is 1.27. The summed E-state index contributed by atoms with van der Waals surface area (Å²) in [7, 11) is 0. The van der Waals surface area contributed by atoms with E-state index in [0.29, 0.717) is 23.1 Å². The first-order chi connectivity index (χ1) is 10.4. The normalized spacial score (nSPS) is 11.6. The Labute approximate surface area is 132 Å². The van der Waals surface area contributed by atoms with E-state index < -0.39 is 11.5 Å². The molecule has 2 N–H and O–H groups in total. The Morgan fingerprint density at radius 3 is 2.55 bits per heavy atom. The predicted molar refractivity (Wildman–Crippen MR) is 84.8 cm³/mol. The Hall–Kier alpha value is -1.95. The Morgan fingerprint density at radius 1 is 1.27 bits per heavy atom. The van der Waals surface area contributed by atoms with Gasteiger partial charge in [-0.05, 0) is 42.5 Å². The highest BCUT2D eigenvalue weighted by molar-refractivity contribution is 7.20. The minimum absolute atomic E-state index is 0.120. The third kappa shape index (κ3) is 3.44. The molecule has 1 amide bonds. The summed E-state index contributed by atoms with van der Waals surface area (Å²) in [4.78, 5) is 23.9. The fourth-order valence-electron chi connectivity index (χ4n) is 2.44. The van der Waals surface area contributed by atoms with Crippen LogP contribution in [0.2, 0.25) is 0 Å². The molecule has 0 atom stereocenters. The molecular weight excluding hydrogens is 305 g/mol. The maximum Gasteiger partial charge on any atom is 0.305 e. The van der Waals surface area contributed by atoms with Crippen LogP contribution in [0, 0.1) is 5.82 Å². The van der Waals surface area contributed by atoms with Gasteiger partial charge in [0.05, 0.1) is 16.8 Å². The fraction of sp³-hybridized carbons (Fsp3) is 0.375. The third-order valence-electron chi connectivity index (χ3n) is 3.92. The van der Waals surface area contributed by atoms with E-state index in [2.05, 4.69) is 5.32 Å². The molecular formula is C16H18FNO3S. The number of rotatable bonds is 6. The van der Waals surface area contributed by atoms with Gasteiger partial charge in [-0.1, -0.05) is 13.8 Å². The highest BCUT2D eigenvalue weighted by atomic mass is 32.1. The number of amides is 1. The zero-order valence-electron chi connectivity index (χ0n) is 12.5. The van der Waals surface area contributed by atoms with Crippen molar-refractivity contribution in [2.75, 3.05) is 0 Å². The van der Waals surface area contributed by atoms with Gasteiger partial charge in [0.2, 0.25) is 0 Å². The number of carbonyl (C=O) groups excluding carboxylic acids is 1. The standard InChI is InChI=1S/C16H18FNO3S/c1-3-16(4-2,9-14(19)20)18-15(21)13-8-10-7-11(17)5-6-12(10)22-13/h5-8H,3-4,9H2,1-2H3,(H,18,21)(H,19,20). The number of hydrogen-bond donors (Lipinski definition) is 2. The van der Waals surface area contributed by atoms with Crippen LogP contribution >= 0.6 is 11.3 Å². The highest BCUT2D eigenvalue weighted by Gasteiger charge is 2.31. The van der Waals surface area contributed by atoms with Crippen molar-refractivity contribution >= 4 is 33.3 Å². The molecule has 0 bridgehead atoms. The van der Waals surface area contributed by atoms with Gasteiger partial charge in [-0.15, -0.1) is 11.3 Å². The van der Waals surface area contributed by atoms with E-state index in [0.717, 1.165) is 4.70 Å². The lowest BCUT2D eigenvalue weighted by molar-refractivity contribution is -0.138. The van der Waals surface area contributed by atoms with Crippen molar-refractivity contribution in [1.29, 1.82) is 0 Å². The minimum Gasteiger partial charge on any atom is -0.481 e. The monoisotopic (exact) mass is 323 g/mol. The number of carboxylic acids is 1. The Balaban J connectivity index is 2.26. The molecule has 0 aliphatic heterocycles. The van der Waals surface area contributed by atoms with E-state index in [9.17, 15) is 14.0 Å². The van der Waals surface area contributed by atoms with Gasteiger partial charge in [0.25, 0.3) is 5.91 Å². The van der Waals surface area contributed by atoms with Gasteiger partial charge < -0.3 is 10.4 Å². The second kappa shape index (κ2) is 6.44. The summed E-state index contributed by atoms with van der Waals surface area (Å²) < 4.78 is 14.0. The average Bonchev–Trinajstić information content (AvgIpc) is 2.89. The van der Waals surface area contributed by atoms with Crippen LogP contribution in [0.1, 0.15) is 42.8 Å². The van der Waals surface area contributed by atoms with Crippen molar-refractivity contribution in [1.82, 2.24) is 5.32 Å². The number of benzene rings is 1. The molecule has 118 valence electrons. The van der Waals surface area contributed by atoms with Crippen molar-refractivity contribution in [2.24, 2.45) is 0 Å². The molecule has 0 radical (unpaired) electrons. The summed E-state index contributed by atoms with van der Waals surface area (Å²) in [6, 6.07) is 6.01. The Morgan fingerprint density at radius 2 is 1.95 bits per heavy atom. The molecule has 0 aliphatic rings. The van der Waals surface area contributed by atoms with Gasteiger partial charge in [-0.2, -0.15) is 0 Å². The molecule has 0 saturated carbocycles. The maximum atomic E-state index is 13.2. The van der Waals surface area contributed by atoms with Gasteiger partial charge >= 0.3 is 5.97 Å². The van der Waals surface area contributed by atoms with Gasteiger partial charge in [-0.3, -0.25) is 9.59 Å². The van der Waals surface area contributed by atoms with Crippen molar-refractivity contribution in [2.45, 2.75) is 38.6 Å². The summed E-state index contributed by atoms with van der Waals surface area (Å²) in [6.45, 7) is 3.71. The number of fused-ring (bicyclic) bond motifs is 1. The van der Waals surface area contributed by atoms with Crippen LogP contribution in [-0.4, -0.2) is 22.5 Å². The van der Waals surface area contributed by atoms with Crippen LogP contribution in [0.4, 0.5) is 4.39 Å². The largest absolute Gasteiger partial charge is 0.481 e. The Bertz CT molecular complexity index is 706. The van der Waals surface area contributed by atoms with Crippen LogP contribution in [0.15, 0.2) is 24.3 Å². The lowest BCUT2D eigenvalue weighted by Gasteiger charge is -2.31. The third-order valence-corrected chi connectivity index (χ3v) is 5.04. The smallest absolute Gasteiger partial charge is 0.305 e. The fourth-order valence-corrected chi connectivity index (χ4v) is 3.38. The van der Waals surface area contributed by atoms with Crippen LogP contribution in [0.25, 0.3) is 10.1 Å². The molecule has 22 heavy (non-hydrogen) atoms. The molecule has 0 saturated heterocycles. The summed E-state index contributed by atoms with van der Waals surface area (Å²) in [5.41, 5.74) is -0.760. The van der Waals surface area contributed by atoms with Crippen molar-refractivity contribution < 1.29 is 19.1 Å². The molecule has 6 heteroatoms. The summed E-state index contributed by atoms with van der Waals surface area (Å²) in [5.74, 6) is -1.60. The van der Waals surface area contributed by atoms with Crippen LogP contribution in [-0.2, 0) is 4.79 Å². The average molecular weight is 323 g/mol. The van der Waals surface area contributed by atoms with E-state index in [1.807, 2.05) is 13.8 Å². The van der Waals surface area contributed by atoms with Crippen molar-refractivity contribution in [3.8, 4) is 0 Å². The SMILES string of the molecule is CCC(CC)(CC(=O)O)NC(=O)c1cc2cc(F)ccc2s1. The van der Waals surface area contributed by atoms with Gasteiger partial charge in [0.1, 0.15) is 5.82 Å². The second-order valence-electron chi connectivity index (χ2n) is 5.30. The second-order valence-corrected chi connectivity index (χ2v) is 6.39. The first-order valence-electron chi connectivity index (χ1n) is 7.12. The predicted octanol–water partition coefficient (Wildman–Crippen LogP) is 3.80. The summed E-state index contributed by atoms with van der Waals surface area (Å²) in [5, 5.41) is 12.6. The van der Waals surface area contributed by atoms with E-state index in [-0.39, 0.29) is 18.1 Å². The molecule has 0 unspecified atom stereocenters. The molecule has 1 aromatic heterocycles. The lowest BCUT2D eigenvalue weighted by atomic mass is 9.89. The summed E-state index contributed by atoms with van der Waals surface area (Å²) in [6.07, 6.45) is 0.938. The van der Waals surface area contributed by atoms with E-state index in [1.165, 1.54) is 23.5 Å². The molecule has 0 aliphatic carbocycles. The number of carbonyl (C=O) groups is 2. The maximum absolute atomic E-state index is 13.2. The minimum atomic E-state index is -0.942. The number of carboxylic acid groups (broad SMARTS) is 1. The molecule has 4 nitrogen and oxygen atoms in total. The molecule has 1 heterocycles. The lowest BCUT2D eigenvalue weighted by Crippen LogP contribution is -2.48. The first kappa shape index (κ1) is 16.4. The molecule has 0 spiro atoms. The number of halogens is 1. The van der Waals surface area contributed by atoms with Crippen LogP contribution in [0.5, 0.6) is 0 Å². The van der Waals surface area contributed by atoms with Crippen molar-refractivity contribution in [3.63, 3.8) is 0 Å². The number of hydrogen-bond acceptors (Lipinski definition) is 3. The van der Waals surface area contributed by atoms with Crippen molar-refractivity contribution in [3.05, 3.63) is 35.0 Å². The molecule has 2 aromatic rings. The van der Waals surface area contributed by atoms with Gasteiger partial charge in [-0.25, -0.2) is 4.39 Å². The molecule has 0 fully saturated rings. The quantitative estimate of drug-likeness (QED) is 0.849. The number of aliphatic carboxylic acids is 1. The molecule has 1 aromatic carbocycles. The zero-order chi connectivity index (χ0) is 16.3. The van der Waals surface area contributed by atoms with E-state index in [1.54, 1.807) is 12.1 Å². The number of thiophene rings is 1. The Kier molecular flexibility index (Phi) is 4.81. The van der Waals surface area contributed by atoms with E-state index >= 15 is 0 Å².